The topological polar surface area (TPSA) is 214 Å². The molecule has 4 atom stereocenters. The predicted octanol–water partition coefficient (Wildman–Crippen LogP) is 2.12. The number of hydrogen-bond donors (Lipinski definition) is 3. The number of carbonyl (C=O) groups is 8. The van der Waals surface area contributed by atoms with E-state index in [1.54, 1.807) is 42.6 Å². The van der Waals surface area contributed by atoms with Crippen LogP contribution in [0.2, 0.25) is 0 Å². The van der Waals surface area contributed by atoms with E-state index >= 15 is 0 Å². The number of amides is 8. The fourth-order valence-electron chi connectivity index (χ4n) is 8.74. The highest BCUT2D eigenvalue weighted by molar-refractivity contribution is 6.24. The van der Waals surface area contributed by atoms with Crippen molar-refractivity contribution < 1.29 is 47.8 Å². The summed E-state index contributed by atoms with van der Waals surface area (Å²) in [6.45, 7) is 4.04. The molecule has 7 heterocycles. The normalized spacial score (nSPS) is 23.8. The van der Waals surface area contributed by atoms with Crippen molar-refractivity contribution in [3.8, 4) is 11.5 Å². The Hall–Kier alpha value is -6.85. The van der Waals surface area contributed by atoms with Crippen LogP contribution in [0.25, 0.3) is 10.9 Å². The van der Waals surface area contributed by atoms with Crippen LogP contribution in [0, 0.1) is 0 Å². The number of hydrogen-bond acceptors (Lipinski definition) is 13. The molecule has 0 spiro atoms. The fraction of sp³-hybridized carbons (Fsp3) is 0.341. The molecule has 10 rings (SSSR count). The van der Waals surface area contributed by atoms with Gasteiger partial charge in [-0.3, -0.25) is 68.7 Å². The molecule has 2 unspecified atom stereocenters. The van der Waals surface area contributed by atoms with E-state index in [-0.39, 0.29) is 60.1 Å². The fourth-order valence-corrected chi connectivity index (χ4v) is 8.74. The molecular weight excluding hydrogens is 787 g/mol. The van der Waals surface area contributed by atoms with Gasteiger partial charge in [-0.25, -0.2) is 0 Å². The molecule has 4 fully saturated rings. The van der Waals surface area contributed by atoms with E-state index in [1.807, 2.05) is 18.2 Å². The van der Waals surface area contributed by atoms with Gasteiger partial charge in [-0.15, -0.1) is 0 Å². The predicted molar refractivity (Wildman–Crippen MR) is 214 cm³/mol. The van der Waals surface area contributed by atoms with Gasteiger partial charge < -0.3 is 14.8 Å². The third kappa shape index (κ3) is 7.73. The first-order valence-corrected chi connectivity index (χ1v) is 20.3. The Bertz CT molecular complexity index is 2530. The third-order valence-electron chi connectivity index (χ3n) is 11.8. The summed E-state index contributed by atoms with van der Waals surface area (Å²) < 4.78 is 12.0. The molecule has 6 aliphatic rings. The zero-order valence-corrected chi connectivity index (χ0v) is 32.9. The number of likely N-dealkylation sites (tertiary alicyclic amines) is 1. The van der Waals surface area contributed by atoms with Gasteiger partial charge in [0.05, 0.1) is 27.8 Å². The molecule has 0 bridgehead atoms. The maximum absolute atomic E-state index is 13.1. The average Bonchev–Trinajstić information content (AvgIpc) is 4.03. The summed E-state index contributed by atoms with van der Waals surface area (Å²) in [5.74, 6) is -3.07. The average molecular weight is 828 g/mol. The molecule has 0 saturated carbocycles. The maximum Gasteiger partial charge on any atom is 0.262 e. The lowest BCUT2D eigenvalue weighted by molar-refractivity contribution is -0.137. The molecule has 17 nitrogen and oxygen atoms in total. The highest BCUT2D eigenvalue weighted by Gasteiger charge is 2.46. The van der Waals surface area contributed by atoms with Crippen LogP contribution < -0.4 is 25.4 Å². The van der Waals surface area contributed by atoms with E-state index in [9.17, 15) is 38.4 Å². The Labute approximate surface area is 348 Å². The van der Waals surface area contributed by atoms with Gasteiger partial charge in [-0.2, -0.15) is 0 Å². The number of rotatable bonds is 8. The smallest absolute Gasteiger partial charge is 0.262 e. The number of benzene rings is 3. The lowest BCUT2D eigenvalue weighted by Gasteiger charge is -2.27. The second-order valence-corrected chi connectivity index (χ2v) is 15.8. The SMILES string of the molecule is O=C1CCC(N2C(=O)c3ccc(O[C@@H]4CCNC4)cc3C2=O)C(=O)N1.O=C1CCC(N2C(=O)c3ccc(O[C@H]4CCN(Cc5cccc6ncccc56)C4)cc3C2=O)C(=O)N1. The van der Waals surface area contributed by atoms with Crippen molar-refractivity contribution in [3.05, 3.63) is 101 Å². The van der Waals surface area contributed by atoms with Gasteiger partial charge in [0.2, 0.25) is 23.6 Å². The van der Waals surface area contributed by atoms with Crippen LogP contribution in [0.5, 0.6) is 11.5 Å². The molecular formula is C44H41N7O10. The molecule has 61 heavy (non-hydrogen) atoms. The molecule has 1 aromatic heterocycles. The largest absolute Gasteiger partial charge is 0.489 e. The van der Waals surface area contributed by atoms with E-state index < -0.39 is 59.3 Å². The van der Waals surface area contributed by atoms with Gasteiger partial charge in [0, 0.05) is 50.6 Å². The van der Waals surface area contributed by atoms with Crippen LogP contribution in [0.15, 0.2) is 72.9 Å². The van der Waals surface area contributed by atoms with Crippen molar-refractivity contribution in [2.45, 2.75) is 69.4 Å². The second-order valence-electron chi connectivity index (χ2n) is 15.8. The molecule has 8 amide bonds. The van der Waals surface area contributed by atoms with Crippen LogP contribution in [-0.4, -0.2) is 117 Å². The van der Waals surface area contributed by atoms with Crippen molar-refractivity contribution in [1.82, 2.24) is 35.6 Å². The van der Waals surface area contributed by atoms with E-state index in [0.717, 1.165) is 66.3 Å². The zero-order chi connectivity index (χ0) is 42.4. The van der Waals surface area contributed by atoms with Crippen molar-refractivity contribution in [2.75, 3.05) is 26.2 Å². The van der Waals surface area contributed by atoms with Gasteiger partial charge in [-0.1, -0.05) is 18.2 Å². The first-order valence-electron chi connectivity index (χ1n) is 20.3. The highest BCUT2D eigenvalue weighted by Crippen LogP contribution is 2.33. The number of nitrogens with one attached hydrogen (secondary N) is 3. The standard InChI is InChI=1S/C27H24N4O5.C17H17N3O5/c32-24-9-8-23(25(33)29-24)31-26(34)20-7-6-17(13-21(20)27(31)35)36-18-10-12-30(15-18)14-16-3-1-5-22-19(16)4-2-11-28-22;21-14-4-3-13(15(22)19-14)20-16(23)11-2-1-9(7-12(11)17(20)24)25-10-5-6-18-8-10/h1-7,11,13,18,23H,8-10,12,14-15H2,(H,29,32,33);1-2,7,10,13,18H,3-6,8H2,(H,19,21,22)/t18-,23?;10-,13?/m01/s1. The summed E-state index contributed by atoms with van der Waals surface area (Å²) in [5, 5.41) is 8.72. The molecule has 0 radical (unpaired) electrons. The lowest BCUT2D eigenvalue weighted by Crippen LogP contribution is -2.54. The van der Waals surface area contributed by atoms with Gasteiger partial charge in [-0.05, 0) is 86.3 Å². The second kappa shape index (κ2) is 16.3. The summed E-state index contributed by atoms with van der Waals surface area (Å²) in [5.41, 5.74) is 3.15. The quantitative estimate of drug-likeness (QED) is 0.218. The summed E-state index contributed by atoms with van der Waals surface area (Å²) in [6, 6.07) is 17.9. The van der Waals surface area contributed by atoms with Gasteiger partial charge in [0.1, 0.15) is 35.8 Å². The van der Waals surface area contributed by atoms with Crippen molar-refractivity contribution in [2.24, 2.45) is 0 Å². The molecule has 6 aliphatic heterocycles. The van der Waals surface area contributed by atoms with Crippen LogP contribution in [0.3, 0.4) is 0 Å². The first kappa shape index (κ1) is 39.6. The van der Waals surface area contributed by atoms with Crippen molar-refractivity contribution in [1.29, 1.82) is 0 Å². The van der Waals surface area contributed by atoms with Crippen molar-refractivity contribution in [3.63, 3.8) is 0 Å². The van der Waals surface area contributed by atoms with Crippen LogP contribution in [0.1, 0.15) is 85.5 Å². The van der Waals surface area contributed by atoms with Gasteiger partial charge >= 0.3 is 0 Å². The maximum atomic E-state index is 13.1. The van der Waals surface area contributed by atoms with E-state index in [4.69, 9.17) is 9.47 Å². The van der Waals surface area contributed by atoms with Crippen molar-refractivity contribution >= 4 is 58.2 Å². The van der Waals surface area contributed by atoms with Gasteiger partial charge in [0.25, 0.3) is 23.6 Å². The van der Waals surface area contributed by atoms with Crippen LogP contribution in [-0.2, 0) is 25.7 Å². The number of nitrogens with zero attached hydrogens (tertiary/aromatic N) is 4. The monoisotopic (exact) mass is 827 g/mol. The Morgan fingerprint density at radius 2 is 1.21 bits per heavy atom. The van der Waals surface area contributed by atoms with E-state index in [2.05, 4.69) is 38.0 Å². The summed E-state index contributed by atoms with van der Waals surface area (Å²) in [7, 11) is 0. The minimum Gasteiger partial charge on any atom is -0.489 e. The van der Waals surface area contributed by atoms with E-state index in [1.165, 1.54) is 5.56 Å². The summed E-state index contributed by atoms with van der Waals surface area (Å²) in [6.07, 6.45) is 3.98. The van der Waals surface area contributed by atoms with Crippen LogP contribution in [0.4, 0.5) is 0 Å². The number of carbonyl (C=O) groups excluding carboxylic acids is 8. The number of ether oxygens (including phenoxy) is 2. The van der Waals surface area contributed by atoms with Crippen LogP contribution >= 0.6 is 0 Å². The lowest BCUT2D eigenvalue weighted by atomic mass is 10.0. The molecule has 4 saturated heterocycles. The third-order valence-corrected chi connectivity index (χ3v) is 11.8. The van der Waals surface area contributed by atoms with E-state index in [0.29, 0.717) is 11.5 Å². The van der Waals surface area contributed by atoms with Gasteiger partial charge in [0.15, 0.2) is 0 Å². The summed E-state index contributed by atoms with van der Waals surface area (Å²) in [4.78, 5) is 107. The minimum absolute atomic E-state index is 0.0384. The summed E-state index contributed by atoms with van der Waals surface area (Å²) >= 11 is 0. The highest BCUT2D eigenvalue weighted by atomic mass is 16.5. The number of imide groups is 4. The number of fused-ring (bicyclic) bond motifs is 3. The molecule has 0 aliphatic carbocycles. The molecule has 312 valence electrons. The molecule has 17 heteroatoms. The number of pyridine rings is 1. The minimum atomic E-state index is -0.980. The number of aromatic nitrogens is 1. The Kier molecular flexibility index (Phi) is 10.6. The Morgan fingerprint density at radius 3 is 1.79 bits per heavy atom. The Balaban J connectivity index is 0.000000167. The molecule has 4 aromatic rings. The zero-order valence-electron chi connectivity index (χ0n) is 32.9. The molecule has 3 N–H and O–H groups in total. The Morgan fingerprint density at radius 1 is 0.623 bits per heavy atom. The number of piperidine rings is 2. The first-order chi connectivity index (χ1) is 29.5. The molecule has 3 aromatic carbocycles.